The van der Waals surface area contributed by atoms with Crippen molar-refractivity contribution in [1.82, 2.24) is 4.98 Å². The molecule has 21 heavy (non-hydrogen) atoms. The van der Waals surface area contributed by atoms with Gasteiger partial charge in [-0.2, -0.15) is 0 Å². The molecular weight excluding hydrogens is 292 g/mol. The van der Waals surface area contributed by atoms with Crippen LogP contribution in [0.2, 0.25) is 0 Å². The molecule has 0 saturated heterocycles. The van der Waals surface area contributed by atoms with Gasteiger partial charge < -0.3 is 0 Å². The van der Waals surface area contributed by atoms with Crippen molar-refractivity contribution in [3.63, 3.8) is 0 Å². The van der Waals surface area contributed by atoms with Crippen LogP contribution in [0.25, 0.3) is 0 Å². The number of ketones is 2. The van der Waals surface area contributed by atoms with E-state index in [4.69, 9.17) is 0 Å². The molecule has 0 bridgehead atoms. The first-order valence-corrected chi connectivity index (χ1v) is 7.21. The highest BCUT2D eigenvalue weighted by molar-refractivity contribution is 7.17. The second kappa shape index (κ2) is 4.85. The Morgan fingerprint density at radius 3 is 2.76 bits per heavy atom. The summed E-state index contributed by atoms with van der Waals surface area (Å²) < 4.78 is 0. The number of thiophene rings is 1. The largest absolute Gasteiger partial charge is 0.325 e. The third-order valence-electron chi connectivity index (χ3n) is 3.35. The Balaban J connectivity index is 2.23. The molecule has 0 fully saturated rings. The lowest BCUT2D eigenvalue weighted by Gasteiger charge is -2.15. The molecule has 1 aliphatic carbocycles. The highest BCUT2D eigenvalue weighted by atomic mass is 32.1. The van der Waals surface area contributed by atoms with Crippen molar-refractivity contribution in [2.45, 2.75) is 19.8 Å². The van der Waals surface area contributed by atoms with E-state index < -0.39 is 10.7 Å². The maximum absolute atomic E-state index is 12.6. The van der Waals surface area contributed by atoms with Crippen molar-refractivity contribution in [2.75, 3.05) is 0 Å². The molecule has 2 aromatic heterocycles. The second-order valence-corrected chi connectivity index (χ2v) is 5.72. The van der Waals surface area contributed by atoms with E-state index in [-0.39, 0.29) is 26.9 Å². The minimum absolute atomic E-state index is 0.0883. The molecular formula is C14H10N2O4S. The van der Waals surface area contributed by atoms with Crippen LogP contribution >= 0.6 is 11.3 Å². The van der Waals surface area contributed by atoms with Crippen LogP contribution in [0.5, 0.6) is 0 Å². The Morgan fingerprint density at radius 2 is 2.10 bits per heavy atom. The number of hydrogen-bond acceptors (Lipinski definition) is 6. The van der Waals surface area contributed by atoms with Crippen molar-refractivity contribution in [1.29, 1.82) is 0 Å². The summed E-state index contributed by atoms with van der Waals surface area (Å²) in [5.41, 5.74) is 1.26. The standard InChI is InChI=1S/C14H10N2O4S/c1-2-3-7-4-5-15-11-10(7)13(18)14-8(12(11)17)6-9(21-14)16(19)20/h4-6H,2-3H2,1H3. The predicted molar refractivity (Wildman–Crippen MR) is 76.1 cm³/mol. The lowest BCUT2D eigenvalue weighted by Crippen LogP contribution is -2.22. The summed E-state index contributed by atoms with van der Waals surface area (Å²) in [5, 5.41) is 10.6. The van der Waals surface area contributed by atoms with Crippen molar-refractivity contribution in [3.8, 4) is 0 Å². The lowest BCUT2D eigenvalue weighted by molar-refractivity contribution is -0.380. The van der Waals surface area contributed by atoms with Crippen LogP contribution in [0.15, 0.2) is 18.3 Å². The number of aromatic nitrogens is 1. The highest BCUT2D eigenvalue weighted by Gasteiger charge is 2.36. The van der Waals surface area contributed by atoms with Crippen LogP contribution < -0.4 is 0 Å². The normalized spacial score (nSPS) is 13.0. The van der Waals surface area contributed by atoms with Crippen LogP contribution in [0.4, 0.5) is 5.00 Å². The van der Waals surface area contributed by atoms with Crippen LogP contribution in [-0.4, -0.2) is 21.5 Å². The Bertz CT molecular complexity index is 794. The average Bonchev–Trinajstić information content (AvgIpc) is 2.91. The quantitative estimate of drug-likeness (QED) is 0.548. The van der Waals surface area contributed by atoms with E-state index in [2.05, 4.69) is 4.98 Å². The summed E-state index contributed by atoms with van der Waals surface area (Å²) in [5.74, 6) is -0.754. The summed E-state index contributed by atoms with van der Waals surface area (Å²) in [6.07, 6.45) is 2.99. The first-order valence-electron chi connectivity index (χ1n) is 6.40. The Kier molecular flexibility index (Phi) is 3.13. The zero-order valence-corrected chi connectivity index (χ0v) is 11.9. The first-order chi connectivity index (χ1) is 10.0. The smallest absolute Gasteiger partial charge is 0.288 e. The molecule has 3 rings (SSSR count). The van der Waals surface area contributed by atoms with Gasteiger partial charge in [-0.1, -0.05) is 24.7 Å². The summed E-state index contributed by atoms with van der Waals surface area (Å²) >= 11 is 0.748. The van der Waals surface area contributed by atoms with E-state index in [1.54, 1.807) is 6.07 Å². The molecule has 0 unspecified atom stereocenters. The van der Waals surface area contributed by atoms with E-state index in [0.717, 1.165) is 29.4 Å². The van der Waals surface area contributed by atoms with Gasteiger partial charge in [0.2, 0.25) is 11.6 Å². The number of pyridine rings is 1. The molecule has 0 spiro atoms. The molecule has 0 N–H and O–H groups in total. The van der Waals surface area contributed by atoms with Crippen molar-refractivity contribution >= 4 is 27.9 Å². The predicted octanol–water partition coefficient (Wildman–Crippen LogP) is 2.78. The summed E-state index contributed by atoms with van der Waals surface area (Å²) in [4.78, 5) is 39.4. The minimum Gasteiger partial charge on any atom is -0.288 e. The van der Waals surface area contributed by atoms with Crippen LogP contribution in [0.1, 0.15) is 50.2 Å². The fourth-order valence-corrected chi connectivity index (χ4v) is 3.37. The topological polar surface area (TPSA) is 90.2 Å². The molecule has 2 heterocycles. The van der Waals surface area contributed by atoms with Gasteiger partial charge in [0.25, 0.3) is 0 Å². The van der Waals surface area contributed by atoms with E-state index in [1.807, 2.05) is 6.92 Å². The number of carbonyl (C=O) groups is 2. The van der Waals surface area contributed by atoms with E-state index in [0.29, 0.717) is 12.0 Å². The van der Waals surface area contributed by atoms with Crippen molar-refractivity contribution in [3.05, 3.63) is 55.7 Å². The van der Waals surface area contributed by atoms with Gasteiger partial charge in [-0.3, -0.25) is 24.7 Å². The Morgan fingerprint density at radius 1 is 1.33 bits per heavy atom. The first kappa shape index (κ1) is 13.6. The van der Waals surface area contributed by atoms with E-state index in [9.17, 15) is 19.7 Å². The van der Waals surface area contributed by atoms with Crippen molar-refractivity contribution in [2.24, 2.45) is 0 Å². The van der Waals surface area contributed by atoms with Crippen molar-refractivity contribution < 1.29 is 14.5 Å². The zero-order chi connectivity index (χ0) is 15.1. The number of aryl methyl sites for hydroxylation is 1. The molecule has 0 amide bonds. The monoisotopic (exact) mass is 302 g/mol. The number of fused-ring (bicyclic) bond motifs is 2. The van der Waals surface area contributed by atoms with Crippen LogP contribution in [0.3, 0.4) is 0 Å². The number of rotatable bonds is 3. The van der Waals surface area contributed by atoms with E-state index in [1.165, 1.54) is 6.20 Å². The summed E-state index contributed by atoms with van der Waals surface area (Å²) in [6.45, 7) is 1.98. The number of nitro groups is 1. The maximum atomic E-state index is 12.6. The van der Waals surface area contributed by atoms with E-state index >= 15 is 0 Å². The Labute approximate surface area is 123 Å². The van der Waals surface area contributed by atoms with Gasteiger partial charge in [0, 0.05) is 12.3 Å². The SMILES string of the molecule is CCCc1ccnc2c1C(=O)c1sc([N+](=O)[O-])cc1C2=O. The third kappa shape index (κ3) is 1.97. The van der Waals surface area contributed by atoms with Crippen LogP contribution in [-0.2, 0) is 6.42 Å². The molecule has 2 aromatic rings. The highest BCUT2D eigenvalue weighted by Crippen LogP contribution is 2.37. The fraction of sp³-hybridized carbons (Fsp3) is 0.214. The average molecular weight is 302 g/mol. The van der Waals surface area contributed by atoms with Gasteiger partial charge >= 0.3 is 5.00 Å². The van der Waals surface area contributed by atoms with Gasteiger partial charge in [-0.15, -0.1) is 0 Å². The van der Waals surface area contributed by atoms with Gasteiger partial charge in [-0.25, -0.2) is 0 Å². The molecule has 1 aliphatic rings. The molecule has 106 valence electrons. The number of carbonyl (C=O) groups excluding carboxylic acids is 2. The number of hydrogen-bond donors (Lipinski definition) is 0. The van der Waals surface area contributed by atoms with Crippen LogP contribution in [0, 0.1) is 10.1 Å². The molecule has 6 nitrogen and oxygen atoms in total. The van der Waals surface area contributed by atoms with Gasteiger partial charge in [-0.05, 0) is 18.1 Å². The molecule has 0 radical (unpaired) electrons. The minimum atomic E-state index is -0.589. The molecule has 0 atom stereocenters. The maximum Gasteiger partial charge on any atom is 0.325 e. The fourth-order valence-electron chi connectivity index (χ4n) is 2.45. The lowest BCUT2D eigenvalue weighted by atomic mass is 9.88. The third-order valence-corrected chi connectivity index (χ3v) is 4.43. The molecule has 0 aliphatic heterocycles. The van der Waals surface area contributed by atoms with Gasteiger partial charge in [0.1, 0.15) is 5.69 Å². The molecule has 0 saturated carbocycles. The summed E-state index contributed by atoms with van der Waals surface area (Å²) in [7, 11) is 0. The summed E-state index contributed by atoms with van der Waals surface area (Å²) in [6, 6.07) is 2.89. The molecule has 0 aromatic carbocycles. The molecule has 7 heteroatoms. The van der Waals surface area contributed by atoms with Gasteiger partial charge in [0.05, 0.1) is 20.9 Å². The van der Waals surface area contributed by atoms with Gasteiger partial charge in [0.15, 0.2) is 0 Å². The number of nitrogens with zero attached hydrogens (tertiary/aromatic N) is 2. The Hall–Kier alpha value is -2.41. The second-order valence-electron chi connectivity index (χ2n) is 4.69. The zero-order valence-electron chi connectivity index (χ0n) is 11.1.